The number of aliphatic hydroxyl groups is 1. The normalized spacial score (nSPS) is 12.6. The Hall–Kier alpha value is -0.930. The predicted molar refractivity (Wildman–Crippen MR) is 137 cm³/mol. The number of rotatable bonds is 20. The van der Waals surface area contributed by atoms with Crippen LogP contribution in [0.15, 0.2) is 12.2 Å². The molecule has 0 rings (SSSR count). The van der Waals surface area contributed by atoms with Gasteiger partial charge in [-0.3, -0.25) is 4.79 Å². The second-order valence-electron chi connectivity index (χ2n) is 8.54. The second kappa shape index (κ2) is 23.8. The van der Waals surface area contributed by atoms with E-state index >= 15 is 0 Å². The maximum absolute atomic E-state index is 12.5. The number of carbonyl (C=O) groups excluding carboxylic acids is 1. The van der Waals surface area contributed by atoms with Gasteiger partial charge >= 0.3 is 44.3 Å². The number of Topliss-reactive ketones (excluding diaryl/α,β-unsaturated/α-hetero) is 1. The molecule has 0 aromatic rings. The number of imide groups is 1. The number of hydrogen-bond acceptors (Lipinski definition) is 5. The third-order valence-corrected chi connectivity index (χ3v) is 5.68. The van der Waals surface area contributed by atoms with Crippen molar-refractivity contribution in [3.8, 4) is 0 Å². The van der Waals surface area contributed by atoms with Crippen LogP contribution in [0.5, 0.6) is 0 Å². The molecule has 0 aliphatic rings. The van der Waals surface area contributed by atoms with E-state index in [1.54, 1.807) is 0 Å². The van der Waals surface area contributed by atoms with Crippen molar-refractivity contribution >= 4 is 45.9 Å². The Morgan fingerprint density at radius 2 is 1.26 bits per heavy atom. The number of aliphatic hydroxyl groups excluding tert-OH is 1. The molecule has 0 aliphatic carbocycles. The van der Waals surface area contributed by atoms with Gasteiger partial charge in [-0.25, -0.2) is 14.5 Å². The average molecular weight is 495 g/mol. The Morgan fingerprint density at radius 3 is 1.71 bits per heavy atom. The summed E-state index contributed by atoms with van der Waals surface area (Å²) in [5, 5.41) is 27.2. The first kappa shape index (κ1) is 35.2. The van der Waals surface area contributed by atoms with Gasteiger partial charge in [0.2, 0.25) is 0 Å². The van der Waals surface area contributed by atoms with Gasteiger partial charge in [0, 0.05) is 13.0 Å². The molecule has 0 aliphatic heterocycles. The molecule has 1 atom stereocenters. The van der Waals surface area contributed by atoms with Gasteiger partial charge in [0.1, 0.15) is 0 Å². The first-order valence-electron chi connectivity index (χ1n) is 13.1. The summed E-state index contributed by atoms with van der Waals surface area (Å²) in [6.45, 7) is 1.12. The molecule has 0 spiro atoms. The van der Waals surface area contributed by atoms with Crippen LogP contribution in [0.3, 0.4) is 0 Å². The van der Waals surface area contributed by atoms with Gasteiger partial charge in [0.05, 0.1) is 12.1 Å². The summed E-state index contributed by atoms with van der Waals surface area (Å²) < 4.78 is 2.14. The molecule has 9 heteroatoms. The number of ketones is 1. The summed E-state index contributed by atoms with van der Waals surface area (Å²) in [5.74, 6) is -0.420. The van der Waals surface area contributed by atoms with E-state index in [-0.39, 0.29) is 17.7 Å². The molecule has 0 bridgehead atoms. The molecule has 34 heavy (non-hydrogen) atoms. The minimum absolute atomic E-state index is 0.0908. The molecule has 194 valence electrons. The van der Waals surface area contributed by atoms with E-state index in [9.17, 15) is 19.5 Å². The number of allylic oxidation sites excluding steroid dienone is 2. The van der Waals surface area contributed by atoms with Crippen LogP contribution < -0.4 is 5.73 Å². The van der Waals surface area contributed by atoms with Crippen molar-refractivity contribution in [2.75, 3.05) is 13.2 Å². The topological polar surface area (TPSA) is 141 Å². The molecule has 0 heterocycles. The van der Waals surface area contributed by atoms with Crippen LogP contribution >= 0.6 is 0 Å². The summed E-state index contributed by atoms with van der Waals surface area (Å²) in [6, 6.07) is 0. The van der Waals surface area contributed by atoms with Crippen LogP contribution in [0.25, 0.3) is 0 Å². The summed E-state index contributed by atoms with van der Waals surface area (Å²) in [6.07, 6.45) is 15.9. The zero-order chi connectivity index (χ0) is 26.2. The Labute approximate surface area is 223 Å². The predicted octanol–water partition coefficient (Wildman–Crippen LogP) is 5.53. The molecule has 0 aromatic carbocycles. The fourth-order valence-electron chi connectivity index (χ4n) is 3.61. The fourth-order valence-corrected chi connectivity index (χ4v) is 3.61. The second-order valence-corrected chi connectivity index (χ2v) is 8.54. The van der Waals surface area contributed by atoms with Crippen LogP contribution in [-0.2, 0) is 4.79 Å². The zero-order valence-corrected chi connectivity index (χ0v) is 23.8. The quantitative estimate of drug-likeness (QED) is 0.0990. The maximum atomic E-state index is 12.5. The third kappa shape index (κ3) is 18.4. The van der Waals surface area contributed by atoms with E-state index in [0.29, 0.717) is 6.42 Å². The van der Waals surface area contributed by atoms with Crippen LogP contribution in [0.2, 0.25) is 4.17 Å². The van der Waals surface area contributed by atoms with Crippen molar-refractivity contribution in [3.05, 3.63) is 12.2 Å². The van der Waals surface area contributed by atoms with Gasteiger partial charge in [0.25, 0.3) is 0 Å². The third-order valence-electron chi connectivity index (χ3n) is 5.68. The number of carbonyl (C=O) groups is 3. The molecule has 5 N–H and O–H groups in total. The zero-order valence-electron chi connectivity index (χ0n) is 21.8. The van der Waals surface area contributed by atoms with Gasteiger partial charge in [-0.15, -0.1) is 0 Å². The van der Waals surface area contributed by atoms with E-state index in [2.05, 4.69) is 23.2 Å². The molecule has 2 amide bonds. The molecular weight excluding hydrogens is 447 g/mol. The number of nitrogens with zero attached hydrogens (tertiary/aromatic N) is 1. The molecule has 0 aromatic heterocycles. The summed E-state index contributed by atoms with van der Waals surface area (Å²) in [7, 11) is 0. The Kier molecular flexibility index (Phi) is 24.7. The van der Waals surface area contributed by atoms with Crippen molar-refractivity contribution in [3.63, 3.8) is 0 Å². The first-order valence-corrected chi connectivity index (χ1v) is 15.1. The van der Waals surface area contributed by atoms with Crippen LogP contribution in [0, 0.1) is 0 Å². The van der Waals surface area contributed by atoms with Crippen molar-refractivity contribution in [2.24, 2.45) is 5.73 Å². The Balaban J connectivity index is 0. The van der Waals surface area contributed by atoms with E-state index in [4.69, 9.17) is 15.9 Å². The number of carboxylic acid groups (broad SMARTS) is 2. The van der Waals surface area contributed by atoms with Crippen LogP contribution in [0.1, 0.15) is 103 Å². The van der Waals surface area contributed by atoms with E-state index < -0.39 is 36.7 Å². The summed E-state index contributed by atoms with van der Waals surface area (Å²) in [5.41, 5.74) is 4.30. The summed E-state index contributed by atoms with van der Waals surface area (Å²) in [4.78, 5) is 34.7. The van der Waals surface area contributed by atoms with Gasteiger partial charge in [0.15, 0.2) is 5.78 Å². The van der Waals surface area contributed by atoms with Crippen molar-refractivity contribution in [2.45, 2.75) is 113 Å². The minimum atomic E-state index is -1.70. The van der Waals surface area contributed by atoms with Gasteiger partial charge < -0.3 is 21.1 Å². The Morgan fingerprint density at radius 1 is 0.824 bits per heavy atom. The molecule has 1 unspecified atom stereocenters. The standard InChI is InChI=1S/C24H44N2O6.CH3.Na/c1-2-3-4-5-6-7-8-9-10-11-12-13-14-15-16-17-21(28)24(25,18-19-27)20-26(22(29)30)23(31)32;;/h9-10,27H,2-8,11-20,25H2,1H3,(H,29,30)(H,31,32);1H3;/b10-9-;;. The van der Waals surface area contributed by atoms with Crippen molar-refractivity contribution in [1.29, 1.82) is 0 Å². The van der Waals surface area contributed by atoms with Crippen LogP contribution in [-0.4, -0.2) is 84.8 Å². The van der Waals surface area contributed by atoms with Gasteiger partial charge in [-0.05, 0) is 38.5 Å². The number of hydrogen-bond donors (Lipinski definition) is 4. The number of amides is 2. The molecule has 0 saturated heterocycles. The van der Waals surface area contributed by atoms with Crippen LogP contribution in [0.4, 0.5) is 9.59 Å². The SMILES string of the molecule is CCCCCCCC/C=C\CCCCCCCC(=O)C(N)(CCO)CN(C(=O)O)C(=O)O.[CH3][Na]. The van der Waals surface area contributed by atoms with Gasteiger partial charge in [-0.1, -0.05) is 70.4 Å². The Bertz CT molecular complexity index is 560. The van der Waals surface area contributed by atoms with E-state index in [0.717, 1.165) is 38.5 Å². The van der Waals surface area contributed by atoms with E-state index in [1.165, 1.54) is 66.5 Å². The molecule has 0 fully saturated rings. The average Bonchev–Trinajstić information content (AvgIpc) is 2.81. The van der Waals surface area contributed by atoms with Crippen molar-refractivity contribution in [1.82, 2.24) is 4.90 Å². The fraction of sp³-hybridized carbons (Fsp3) is 0.800. The number of unbranched alkanes of at least 4 members (excludes halogenated alkanes) is 11. The molecule has 8 nitrogen and oxygen atoms in total. The molecule has 0 radical (unpaired) electrons. The first-order chi connectivity index (χ1) is 16.3. The summed E-state index contributed by atoms with van der Waals surface area (Å²) >= 11 is 1.31. The van der Waals surface area contributed by atoms with E-state index in [1.807, 2.05) is 0 Å². The molecule has 0 saturated carbocycles. The van der Waals surface area contributed by atoms with Crippen molar-refractivity contribution < 1.29 is 29.7 Å². The van der Waals surface area contributed by atoms with Gasteiger partial charge in [-0.2, -0.15) is 0 Å². The molecular formula is C25H47N2NaO6. The monoisotopic (exact) mass is 494 g/mol. The number of nitrogens with two attached hydrogens (primary N) is 1.